The Morgan fingerprint density at radius 2 is 1.50 bits per heavy atom. The van der Waals surface area contributed by atoms with Crippen molar-refractivity contribution in [2.75, 3.05) is 6.54 Å². The third kappa shape index (κ3) is 5.66. The van der Waals surface area contributed by atoms with Crippen LogP contribution in [0.25, 0.3) is 0 Å². The average Bonchev–Trinajstić information content (AvgIpc) is 2.33. The number of hydrogen-bond donors (Lipinski definition) is 1. The molecule has 0 spiro atoms. The van der Waals surface area contributed by atoms with Gasteiger partial charge >= 0.3 is 0 Å². The fourth-order valence-corrected chi connectivity index (χ4v) is 2.39. The second-order valence-electron chi connectivity index (χ2n) is 7.73. The summed E-state index contributed by atoms with van der Waals surface area (Å²) in [6, 6.07) is 9.75. The normalized spacial score (nSPS) is 14.1. The van der Waals surface area contributed by atoms with E-state index < -0.39 is 0 Å². The molecule has 0 saturated carbocycles. The lowest BCUT2D eigenvalue weighted by atomic mass is 9.77. The Labute approximate surface area is 126 Å². The summed E-state index contributed by atoms with van der Waals surface area (Å²) in [4.78, 5) is 0. The van der Waals surface area contributed by atoms with Crippen LogP contribution >= 0.6 is 0 Å². The van der Waals surface area contributed by atoms with Crippen molar-refractivity contribution in [3.05, 3.63) is 35.4 Å². The molecule has 1 atom stereocenters. The molecule has 1 aromatic rings. The Bertz CT molecular complexity index is 381. The van der Waals surface area contributed by atoms with Gasteiger partial charge in [0.15, 0.2) is 0 Å². The van der Waals surface area contributed by atoms with Crippen LogP contribution in [0.5, 0.6) is 0 Å². The number of hydrogen-bond acceptors (Lipinski definition) is 1. The van der Waals surface area contributed by atoms with Crippen molar-refractivity contribution in [1.82, 2.24) is 5.32 Å². The Kier molecular flexibility index (Phi) is 6.26. The highest BCUT2D eigenvalue weighted by Gasteiger charge is 2.24. The van der Waals surface area contributed by atoms with Gasteiger partial charge in [-0.3, -0.25) is 0 Å². The van der Waals surface area contributed by atoms with Gasteiger partial charge in [-0.15, -0.1) is 0 Å². The van der Waals surface area contributed by atoms with E-state index in [1.807, 2.05) is 0 Å². The van der Waals surface area contributed by atoms with Crippen LogP contribution in [-0.4, -0.2) is 12.6 Å². The predicted molar refractivity (Wildman–Crippen MR) is 90.3 cm³/mol. The second-order valence-corrected chi connectivity index (χ2v) is 7.73. The minimum absolute atomic E-state index is 0.332. The molecule has 1 unspecified atom stereocenters. The maximum atomic E-state index is 3.60. The van der Waals surface area contributed by atoms with Crippen molar-refractivity contribution in [3.8, 4) is 0 Å². The van der Waals surface area contributed by atoms with Crippen LogP contribution < -0.4 is 5.32 Å². The molecule has 0 saturated heterocycles. The first-order valence-electron chi connectivity index (χ1n) is 8.02. The summed E-state index contributed by atoms with van der Waals surface area (Å²) in [7, 11) is 0. The van der Waals surface area contributed by atoms with Crippen LogP contribution in [0.1, 0.15) is 65.5 Å². The van der Waals surface area contributed by atoms with Crippen LogP contribution in [0.4, 0.5) is 0 Å². The van der Waals surface area contributed by atoms with Gasteiger partial charge in [0, 0.05) is 6.04 Å². The van der Waals surface area contributed by atoms with Crippen LogP contribution in [-0.2, 0) is 6.42 Å². The van der Waals surface area contributed by atoms with Gasteiger partial charge in [0.1, 0.15) is 0 Å². The maximum Gasteiger partial charge on any atom is 0.00104 e. The monoisotopic (exact) mass is 275 g/mol. The SMILES string of the molecule is CC(C)NCC(Cc1ccc(C(C)C)cc1)C(C)(C)C. The van der Waals surface area contributed by atoms with Gasteiger partial charge in [0.25, 0.3) is 0 Å². The Morgan fingerprint density at radius 3 is 1.90 bits per heavy atom. The fraction of sp³-hybridized carbons (Fsp3) is 0.684. The Balaban J connectivity index is 2.73. The summed E-state index contributed by atoms with van der Waals surface area (Å²) in [5.41, 5.74) is 3.22. The van der Waals surface area contributed by atoms with Crippen LogP contribution in [0.3, 0.4) is 0 Å². The lowest BCUT2D eigenvalue weighted by molar-refractivity contribution is 0.226. The van der Waals surface area contributed by atoms with Crippen molar-refractivity contribution in [3.63, 3.8) is 0 Å². The summed E-state index contributed by atoms with van der Waals surface area (Å²) >= 11 is 0. The van der Waals surface area contributed by atoms with Gasteiger partial charge in [-0.25, -0.2) is 0 Å². The van der Waals surface area contributed by atoms with E-state index in [1.165, 1.54) is 11.1 Å². The molecule has 114 valence electrons. The third-order valence-corrected chi connectivity index (χ3v) is 4.13. The highest BCUT2D eigenvalue weighted by Crippen LogP contribution is 2.29. The van der Waals surface area contributed by atoms with E-state index in [9.17, 15) is 0 Å². The van der Waals surface area contributed by atoms with E-state index in [-0.39, 0.29) is 0 Å². The molecule has 0 aliphatic heterocycles. The lowest BCUT2D eigenvalue weighted by Gasteiger charge is -2.32. The summed E-state index contributed by atoms with van der Waals surface area (Å²) in [6.45, 7) is 17.1. The topological polar surface area (TPSA) is 12.0 Å². The molecule has 0 amide bonds. The molecule has 0 fully saturated rings. The second kappa shape index (κ2) is 7.26. The highest BCUT2D eigenvalue weighted by atomic mass is 14.9. The molecule has 0 bridgehead atoms. The molecule has 1 rings (SSSR count). The third-order valence-electron chi connectivity index (χ3n) is 4.13. The van der Waals surface area contributed by atoms with E-state index >= 15 is 0 Å². The van der Waals surface area contributed by atoms with E-state index in [0.29, 0.717) is 23.3 Å². The standard InChI is InChI=1S/C19H33N/c1-14(2)17-10-8-16(9-11-17)12-18(19(5,6)7)13-20-15(3)4/h8-11,14-15,18,20H,12-13H2,1-7H3. The molecule has 1 heteroatoms. The van der Waals surface area contributed by atoms with Gasteiger partial charge in [0.2, 0.25) is 0 Å². The molecule has 0 heterocycles. The zero-order chi connectivity index (χ0) is 15.3. The van der Waals surface area contributed by atoms with Crippen molar-refractivity contribution < 1.29 is 0 Å². The van der Waals surface area contributed by atoms with Crippen LogP contribution in [0.15, 0.2) is 24.3 Å². The molecule has 1 N–H and O–H groups in total. The summed E-state index contributed by atoms with van der Waals surface area (Å²) in [6.07, 6.45) is 1.15. The van der Waals surface area contributed by atoms with Crippen molar-refractivity contribution in [2.24, 2.45) is 11.3 Å². The Hall–Kier alpha value is -0.820. The summed E-state index contributed by atoms with van der Waals surface area (Å²) in [5, 5.41) is 3.60. The minimum atomic E-state index is 0.332. The molecular weight excluding hydrogens is 242 g/mol. The quantitative estimate of drug-likeness (QED) is 0.769. The van der Waals surface area contributed by atoms with Crippen molar-refractivity contribution >= 4 is 0 Å². The van der Waals surface area contributed by atoms with E-state index in [4.69, 9.17) is 0 Å². The van der Waals surface area contributed by atoms with E-state index in [2.05, 4.69) is 78.0 Å². The smallest absolute Gasteiger partial charge is 0.00104 e. The van der Waals surface area contributed by atoms with Gasteiger partial charge in [-0.05, 0) is 41.3 Å². The largest absolute Gasteiger partial charge is 0.314 e. The molecule has 0 aliphatic carbocycles. The highest BCUT2D eigenvalue weighted by molar-refractivity contribution is 5.25. The van der Waals surface area contributed by atoms with Gasteiger partial charge < -0.3 is 5.32 Å². The molecule has 20 heavy (non-hydrogen) atoms. The zero-order valence-electron chi connectivity index (χ0n) is 14.5. The van der Waals surface area contributed by atoms with E-state index in [0.717, 1.165) is 13.0 Å². The first kappa shape index (κ1) is 17.2. The molecular formula is C19H33N. The Morgan fingerprint density at radius 1 is 0.950 bits per heavy atom. The molecule has 0 radical (unpaired) electrons. The average molecular weight is 275 g/mol. The minimum Gasteiger partial charge on any atom is -0.314 e. The predicted octanol–water partition coefficient (Wildman–Crippen LogP) is 5.01. The number of benzene rings is 1. The van der Waals surface area contributed by atoms with Crippen LogP contribution in [0, 0.1) is 11.3 Å². The fourth-order valence-electron chi connectivity index (χ4n) is 2.39. The van der Waals surface area contributed by atoms with Crippen molar-refractivity contribution in [1.29, 1.82) is 0 Å². The first-order chi connectivity index (χ1) is 9.20. The van der Waals surface area contributed by atoms with E-state index in [1.54, 1.807) is 0 Å². The maximum absolute atomic E-state index is 3.60. The molecule has 1 aromatic carbocycles. The number of nitrogens with one attached hydrogen (secondary N) is 1. The van der Waals surface area contributed by atoms with Gasteiger partial charge in [-0.1, -0.05) is 72.7 Å². The summed E-state index contributed by atoms with van der Waals surface area (Å²) < 4.78 is 0. The van der Waals surface area contributed by atoms with Crippen LogP contribution in [0.2, 0.25) is 0 Å². The summed E-state index contributed by atoms with van der Waals surface area (Å²) in [5.74, 6) is 1.28. The van der Waals surface area contributed by atoms with Gasteiger partial charge in [-0.2, -0.15) is 0 Å². The van der Waals surface area contributed by atoms with Crippen molar-refractivity contribution in [2.45, 2.75) is 66.8 Å². The van der Waals surface area contributed by atoms with Gasteiger partial charge in [0.05, 0.1) is 0 Å². The first-order valence-corrected chi connectivity index (χ1v) is 8.02. The molecule has 1 nitrogen and oxygen atoms in total. The lowest BCUT2D eigenvalue weighted by Crippen LogP contribution is -2.36. The molecule has 0 aliphatic rings. The zero-order valence-corrected chi connectivity index (χ0v) is 14.5. The molecule has 0 aromatic heterocycles. The number of rotatable bonds is 6.